The maximum Gasteiger partial charge on any atom is 0.441 e. The number of carbonyl (C=O) groups excluding carboxylic acids is 2. The van der Waals surface area contributed by atoms with Gasteiger partial charge in [-0.2, -0.15) is 0 Å². The van der Waals surface area contributed by atoms with Crippen LogP contribution in [0.5, 0.6) is 0 Å². The van der Waals surface area contributed by atoms with Crippen LogP contribution in [0.25, 0.3) is 10.8 Å². The Morgan fingerprint density at radius 1 is 1.07 bits per heavy atom. The van der Waals surface area contributed by atoms with Crippen LogP contribution in [-0.4, -0.2) is 28.7 Å². The van der Waals surface area contributed by atoms with Crippen LogP contribution in [0.3, 0.4) is 0 Å². The highest BCUT2D eigenvalue weighted by atomic mass is 16.7. The molecule has 0 aromatic heterocycles. The van der Waals surface area contributed by atoms with Crippen LogP contribution in [0.2, 0.25) is 0 Å². The van der Waals surface area contributed by atoms with Gasteiger partial charge in [0.2, 0.25) is 0 Å². The molecule has 0 aliphatic carbocycles. The van der Waals surface area contributed by atoms with Gasteiger partial charge in [0.25, 0.3) is 0 Å². The maximum atomic E-state index is 11.8. The Balaban J connectivity index is 1.92. The molecule has 0 saturated carbocycles. The average molecular weight is 387 g/mol. The zero-order chi connectivity index (χ0) is 20.7. The monoisotopic (exact) mass is 387 g/mol. The SMILES string of the molecule is CC(C)(C)OC(=O)NOC(=O)CCC(Cc1cccc2ccccc12)C(=O)O. The Labute approximate surface area is 163 Å². The molecule has 0 fully saturated rings. The first-order valence-electron chi connectivity index (χ1n) is 9.04. The minimum atomic E-state index is -0.985. The summed E-state index contributed by atoms with van der Waals surface area (Å²) in [6.07, 6.45) is -0.639. The van der Waals surface area contributed by atoms with Crippen LogP contribution in [0.1, 0.15) is 39.2 Å². The van der Waals surface area contributed by atoms with Crippen molar-refractivity contribution in [1.82, 2.24) is 5.48 Å². The van der Waals surface area contributed by atoms with E-state index in [1.807, 2.05) is 47.9 Å². The molecule has 1 amide bonds. The Morgan fingerprint density at radius 2 is 1.75 bits per heavy atom. The van der Waals surface area contributed by atoms with Crippen molar-refractivity contribution in [2.75, 3.05) is 0 Å². The minimum Gasteiger partial charge on any atom is -0.481 e. The smallest absolute Gasteiger partial charge is 0.441 e. The van der Waals surface area contributed by atoms with Gasteiger partial charge in [0.15, 0.2) is 0 Å². The highest BCUT2D eigenvalue weighted by Gasteiger charge is 2.22. The normalized spacial score (nSPS) is 12.2. The van der Waals surface area contributed by atoms with E-state index >= 15 is 0 Å². The number of aliphatic carboxylic acids is 1. The molecule has 2 rings (SSSR count). The quantitative estimate of drug-likeness (QED) is 0.730. The van der Waals surface area contributed by atoms with Gasteiger partial charge in [-0.15, -0.1) is 5.48 Å². The molecule has 0 heterocycles. The third-order valence-corrected chi connectivity index (χ3v) is 4.04. The van der Waals surface area contributed by atoms with Gasteiger partial charge in [0.05, 0.1) is 5.92 Å². The van der Waals surface area contributed by atoms with Crippen LogP contribution < -0.4 is 5.48 Å². The van der Waals surface area contributed by atoms with Crippen molar-refractivity contribution in [3.63, 3.8) is 0 Å². The van der Waals surface area contributed by atoms with Gasteiger partial charge in [0.1, 0.15) is 5.60 Å². The number of fused-ring (bicyclic) bond motifs is 1. The van der Waals surface area contributed by atoms with Crippen LogP contribution in [0.15, 0.2) is 42.5 Å². The number of hydrogen-bond acceptors (Lipinski definition) is 5. The molecule has 0 saturated heterocycles. The molecular weight excluding hydrogens is 362 g/mol. The van der Waals surface area contributed by atoms with Gasteiger partial charge in [-0.3, -0.25) is 4.79 Å². The summed E-state index contributed by atoms with van der Waals surface area (Å²) in [4.78, 5) is 39.6. The zero-order valence-corrected chi connectivity index (χ0v) is 16.2. The number of carbonyl (C=O) groups is 3. The van der Waals surface area contributed by atoms with Crippen molar-refractivity contribution in [2.24, 2.45) is 5.92 Å². The third kappa shape index (κ3) is 6.57. The van der Waals surface area contributed by atoms with E-state index in [0.29, 0.717) is 6.42 Å². The second-order valence-electron chi connectivity index (χ2n) is 7.49. The summed E-state index contributed by atoms with van der Waals surface area (Å²) >= 11 is 0. The summed E-state index contributed by atoms with van der Waals surface area (Å²) in [6.45, 7) is 5.04. The molecule has 0 bridgehead atoms. The van der Waals surface area contributed by atoms with Crippen molar-refractivity contribution in [3.05, 3.63) is 48.0 Å². The molecule has 1 atom stereocenters. The van der Waals surface area contributed by atoms with Crippen LogP contribution in [-0.2, 0) is 25.6 Å². The van der Waals surface area contributed by atoms with Crippen molar-refractivity contribution in [3.8, 4) is 0 Å². The maximum absolute atomic E-state index is 11.8. The lowest BCUT2D eigenvalue weighted by Crippen LogP contribution is -2.34. The summed E-state index contributed by atoms with van der Waals surface area (Å²) in [5.41, 5.74) is 2.10. The van der Waals surface area contributed by atoms with Gasteiger partial charge in [-0.05, 0) is 49.9 Å². The van der Waals surface area contributed by atoms with E-state index in [1.54, 1.807) is 20.8 Å². The van der Waals surface area contributed by atoms with Gasteiger partial charge in [0, 0.05) is 6.42 Å². The molecule has 0 aliphatic heterocycles. The first-order valence-corrected chi connectivity index (χ1v) is 9.04. The molecule has 0 aliphatic rings. The van der Waals surface area contributed by atoms with E-state index in [-0.39, 0.29) is 12.8 Å². The molecule has 2 aromatic carbocycles. The standard InChI is InChI=1S/C21H25NO6/c1-21(2,3)27-20(26)22-28-18(23)12-11-16(19(24)25)13-15-9-6-8-14-7-4-5-10-17(14)15/h4-10,16H,11-13H2,1-3H3,(H,22,26)(H,24,25). The number of benzene rings is 2. The molecule has 7 heteroatoms. The fourth-order valence-electron chi connectivity index (χ4n) is 2.79. The Hall–Kier alpha value is -3.09. The molecule has 7 nitrogen and oxygen atoms in total. The Bertz CT molecular complexity index is 850. The highest BCUT2D eigenvalue weighted by molar-refractivity contribution is 5.86. The topological polar surface area (TPSA) is 102 Å². The highest BCUT2D eigenvalue weighted by Crippen LogP contribution is 2.23. The number of hydrogen-bond donors (Lipinski definition) is 2. The van der Waals surface area contributed by atoms with Crippen molar-refractivity contribution < 1.29 is 29.1 Å². The number of amides is 1. The molecule has 2 aromatic rings. The van der Waals surface area contributed by atoms with Gasteiger partial charge in [-0.25, -0.2) is 9.59 Å². The van der Waals surface area contributed by atoms with Crippen molar-refractivity contribution in [2.45, 2.75) is 45.6 Å². The summed E-state index contributed by atoms with van der Waals surface area (Å²) in [7, 11) is 0. The van der Waals surface area contributed by atoms with E-state index < -0.39 is 29.6 Å². The van der Waals surface area contributed by atoms with E-state index in [1.165, 1.54) is 0 Å². The van der Waals surface area contributed by atoms with Gasteiger partial charge >= 0.3 is 18.0 Å². The molecule has 2 N–H and O–H groups in total. The molecule has 150 valence electrons. The fraction of sp³-hybridized carbons (Fsp3) is 0.381. The Morgan fingerprint density at radius 3 is 2.43 bits per heavy atom. The summed E-state index contributed by atoms with van der Waals surface area (Å²) in [5, 5.41) is 11.5. The van der Waals surface area contributed by atoms with Crippen LogP contribution in [0.4, 0.5) is 4.79 Å². The lowest BCUT2D eigenvalue weighted by molar-refractivity contribution is -0.151. The first-order chi connectivity index (χ1) is 13.2. The fourth-order valence-corrected chi connectivity index (χ4v) is 2.79. The number of carboxylic acids is 1. The van der Waals surface area contributed by atoms with Gasteiger partial charge < -0.3 is 14.7 Å². The molecule has 1 unspecified atom stereocenters. The predicted molar refractivity (Wildman–Crippen MR) is 103 cm³/mol. The second kappa shape index (κ2) is 9.21. The van der Waals surface area contributed by atoms with E-state index in [4.69, 9.17) is 4.74 Å². The summed E-state index contributed by atoms with van der Waals surface area (Å²) in [5.74, 6) is -2.46. The number of ether oxygens (including phenoxy) is 1. The van der Waals surface area contributed by atoms with E-state index in [0.717, 1.165) is 16.3 Å². The zero-order valence-electron chi connectivity index (χ0n) is 16.2. The third-order valence-electron chi connectivity index (χ3n) is 4.04. The predicted octanol–water partition coefficient (Wildman–Crippen LogP) is 3.85. The minimum absolute atomic E-state index is 0.0907. The first kappa shape index (κ1) is 21.2. The number of hydroxylamine groups is 1. The van der Waals surface area contributed by atoms with E-state index in [9.17, 15) is 19.5 Å². The number of nitrogens with one attached hydrogen (secondary N) is 1. The summed E-state index contributed by atoms with van der Waals surface area (Å²) < 4.78 is 4.95. The van der Waals surface area contributed by atoms with Crippen molar-refractivity contribution in [1.29, 1.82) is 0 Å². The second-order valence-corrected chi connectivity index (χ2v) is 7.49. The summed E-state index contributed by atoms with van der Waals surface area (Å²) in [6, 6.07) is 13.5. The molecule has 28 heavy (non-hydrogen) atoms. The molecule has 0 spiro atoms. The lowest BCUT2D eigenvalue weighted by Gasteiger charge is -2.19. The van der Waals surface area contributed by atoms with Gasteiger partial charge in [-0.1, -0.05) is 42.5 Å². The molecular formula is C21H25NO6. The average Bonchev–Trinajstić information content (AvgIpc) is 2.62. The number of carboxylic acid groups (broad SMARTS) is 1. The van der Waals surface area contributed by atoms with Crippen LogP contribution >= 0.6 is 0 Å². The van der Waals surface area contributed by atoms with E-state index in [2.05, 4.69) is 4.84 Å². The Kier molecular flexibility index (Phi) is 6.98. The largest absolute Gasteiger partial charge is 0.481 e. The van der Waals surface area contributed by atoms with Crippen molar-refractivity contribution >= 4 is 28.8 Å². The van der Waals surface area contributed by atoms with Crippen LogP contribution in [0, 0.1) is 5.92 Å². The lowest BCUT2D eigenvalue weighted by atomic mass is 9.92. The molecule has 0 radical (unpaired) electrons. The number of rotatable bonds is 6.